The minimum Gasteiger partial charge on any atom is -0.369 e. The lowest BCUT2D eigenvalue weighted by atomic mass is 9.72. The Morgan fingerprint density at radius 3 is 2.62 bits per heavy atom. The highest BCUT2D eigenvalue weighted by Crippen LogP contribution is 2.45. The van der Waals surface area contributed by atoms with Gasteiger partial charge in [0.25, 0.3) is 0 Å². The molecular formula is C15H20O. The van der Waals surface area contributed by atoms with Crippen molar-refractivity contribution in [3.8, 4) is 0 Å². The standard InChI is InChI=1S/C15H20O/c1-12-9-10-13(2)15(11-12,16-3)14-7-5-4-6-8-14/h4-8,12H,2,9-11H2,1,3H3. The smallest absolute Gasteiger partial charge is 0.114 e. The van der Waals surface area contributed by atoms with Crippen molar-refractivity contribution in [2.75, 3.05) is 7.11 Å². The number of hydrogen-bond acceptors (Lipinski definition) is 1. The average molecular weight is 216 g/mol. The van der Waals surface area contributed by atoms with Gasteiger partial charge in [0.2, 0.25) is 0 Å². The van der Waals surface area contributed by atoms with Crippen molar-refractivity contribution in [1.29, 1.82) is 0 Å². The van der Waals surface area contributed by atoms with E-state index in [9.17, 15) is 0 Å². The first kappa shape index (κ1) is 11.4. The third-order valence-corrected chi connectivity index (χ3v) is 3.73. The second-order valence-corrected chi connectivity index (χ2v) is 4.85. The molecule has 2 unspecified atom stereocenters. The predicted molar refractivity (Wildman–Crippen MR) is 67.3 cm³/mol. The molecule has 0 aromatic heterocycles. The molecule has 1 aromatic rings. The van der Waals surface area contributed by atoms with Gasteiger partial charge in [-0.1, -0.05) is 43.8 Å². The number of hydrogen-bond donors (Lipinski definition) is 0. The SMILES string of the molecule is C=C1CCC(C)CC1(OC)c1ccccc1. The first-order valence-corrected chi connectivity index (χ1v) is 5.98. The van der Waals surface area contributed by atoms with E-state index in [-0.39, 0.29) is 5.60 Å². The van der Waals surface area contributed by atoms with Crippen LogP contribution in [-0.4, -0.2) is 7.11 Å². The molecule has 1 aliphatic rings. The fraction of sp³-hybridized carbons (Fsp3) is 0.467. The van der Waals surface area contributed by atoms with Gasteiger partial charge in [0.05, 0.1) is 0 Å². The van der Waals surface area contributed by atoms with Crippen LogP contribution in [0.3, 0.4) is 0 Å². The minimum absolute atomic E-state index is 0.251. The maximum absolute atomic E-state index is 5.85. The van der Waals surface area contributed by atoms with E-state index < -0.39 is 0 Å². The van der Waals surface area contributed by atoms with E-state index in [1.807, 2.05) is 6.07 Å². The summed E-state index contributed by atoms with van der Waals surface area (Å²) in [6.07, 6.45) is 3.35. The van der Waals surface area contributed by atoms with Gasteiger partial charge in [0, 0.05) is 7.11 Å². The Balaban J connectivity index is 2.41. The van der Waals surface area contributed by atoms with Crippen LogP contribution in [0.2, 0.25) is 0 Å². The van der Waals surface area contributed by atoms with E-state index in [1.165, 1.54) is 17.6 Å². The number of benzene rings is 1. The van der Waals surface area contributed by atoms with Gasteiger partial charge in [-0.05, 0) is 36.3 Å². The summed E-state index contributed by atoms with van der Waals surface area (Å²) in [6, 6.07) is 10.5. The molecule has 0 aliphatic heterocycles. The molecule has 0 bridgehead atoms. The van der Waals surface area contributed by atoms with Crippen LogP contribution in [-0.2, 0) is 10.3 Å². The topological polar surface area (TPSA) is 9.23 Å². The van der Waals surface area contributed by atoms with E-state index in [2.05, 4.69) is 37.8 Å². The lowest BCUT2D eigenvalue weighted by molar-refractivity contribution is -0.0158. The molecular weight excluding hydrogens is 196 g/mol. The molecule has 2 rings (SSSR count). The van der Waals surface area contributed by atoms with Crippen LogP contribution in [0.1, 0.15) is 31.7 Å². The Morgan fingerprint density at radius 2 is 2.00 bits per heavy atom. The third-order valence-electron chi connectivity index (χ3n) is 3.73. The van der Waals surface area contributed by atoms with E-state index in [1.54, 1.807) is 7.11 Å². The fourth-order valence-electron chi connectivity index (χ4n) is 2.73. The van der Waals surface area contributed by atoms with Gasteiger partial charge in [0.15, 0.2) is 0 Å². The largest absolute Gasteiger partial charge is 0.369 e. The van der Waals surface area contributed by atoms with E-state index in [0.717, 1.165) is 12.8 Å². The second-order valence-electron chi connectivity index (χ2n) is 4.85. The number of ether oxygens (including phenoxy) is 1. The summed E-state index contributed by atoms with van der Waals surface area (Å²) in [4.78, 5) is 0. The molecule has 0 amide bonds. The lowest BCUT2D eigenvalue weighted by Gasteiger charge is -2.41. The van der Waals surface area contributed by atoms with Crippen molar-refractivity contribution in [2.24, 2.45) is 5.92 Å². The van der Waals surface area contributed by atoms with Crippen molar-refractivity contribution in [3.63, 3.8) is 0 Å². The van der Waals surface area contributed by atoms with Crippen LogP contribution in [0.25, 0.3) is 0 Å². The van der Waals surface area contributed by atoms with Crippen molar-refractivity contribution < 1.29 is 4.74 Å². The maximum atomic E-state index is 5.85. The lowest BCUT2D eigenvalue weighted by Crippen LogP contribution is -2.36. The van der Waals surface area contributed by atoms with Crippen LogP contribution in [0, 0.1) is 5.92 Å². The number of methoxy groups -OCH3 is 1. The zero-order valence-electron chi connectivity index (χ0n) is 10.2. The second kappa shape index (κ2) is 4.42. The molecule has 1 fully saturated rings. The van der Waals surface area contributed by atoms with Crippen molar-refractivity contribution in [2.45, 2.75) is 31.8 Å². The molecule has 0 saturated heterocycles. The summed E-state index contributed by atoms with van der Waals surface area (Å²) < 4.78 is 5.85. The molecule has 1 aromatic carbocycles. The van der Waals surface area contributed by atoms with Gasteiger partial charge in [-0.15, -0.1) is 0 Å². The number of rotatable bonds is 2. The van der Waals surface area contributed by atoms with Crippen molar-refractivity contribution in [1.82, 2.24) is 0 Å². The Hall–Kier alpha value is -1.08. The highest BCUT2D eigenvalue weighted by Gasteiger charge is 2.39. The molecule has 86 valence electrons. The van der Waals surface area contributed by atoms with Gasteiger partial charge in [0.1, 0.15) is 5.60 Å². The monoisotopic (exact) mass is 216 g/mol. The average Bonchev–Trinajstić information content (AvgIpc) is 2.33. The first-order valence-electron chi connectivity index (χ1n) is 5.98. The van der Waals surface area contributed by atoms with Crippen LogP contribution < -0.4 is 0 Å². The van der Waals surface area contributed by atoms with Gasteiger partial charge >= 0.3 is 0 Å². The van der Waals surface area contributed by atoms with Gasteiger partial charge < -0.3 is 4.74 Å². The zero-order chi connectivity index (χ0) is 11.6. The fourth-order valence-corrected chi connectivity index (χ4v) is 2.73. The Bertz CT molecular complexity index is 368. The molecule has 0 heterocycles. The predicted octanol–water partition coefficient (Wildman–Crippen LogP) is 3.90. The summed E-state index contributed by atoms with van der Waals surface area (Å²) in [5.41, 5.74) is 2.22. The molecule has 1 heteroatoms. The van der Waals surface area contributed by atoms with Crippen molar-refractivity contribution >= 4 is 0 Å². The van der Waals surface area contributed by atoms with Crippen LogP contribution in [0.4, 0.5) is 0 Å². The maximum Gasteiger partial charge on any atom is 0.114 e. The van der Waals surface area contributed by atoms with Crippen LogP contribution in [0.15, 0.2) is 42.5 Å². The van der Waals surface area contributed by atoms with E-state index >= 15 is 0 Å². The van der Waals surface area contributed by atoms with Crippen molar-refractivity contribution in [3.05, 3.63) is 48.0 Å². The van der Waals surface area contributed by atoms with Crippen LogP contribution >= 0.6 is 0 Å². The Labute approximate surface area is 98.1 Å². The van der Waals surface area contributed by atoms with E-state index in [0.29, 0.717) is 5.92 Å². The minimum atomic E-state index is -0.251. The molecule has 1 nitrogen and oxygen atoms in total. The normalized spacial score (nSPS) is 30.4. The molecule has 2 atom stereocenters. The van der Waals surface area contributed by atoms with Gasteiger partial charge in [-0.2, -0.15) is 0 Å². The zero-order valence-corrected chi connectivity index (χ0v) is 10.2. The highest BCUT2D eigenvalue weighted by molar-refractivity contribution is 5.33. The molecule has 16 heavy (non-hydrogen) atoms. The third kappa shape index (κ3) is 1.80. The summed E-state index contributed by atoms with van der Waals surface area (Å²) >= 11 is 0. The molecule has 1 saturated carbocycles. The summed E-state index contributed by atoms with van der Waals surface area (Å²) in [7, 11) is 1.80. The molecule has 1 aliphatic carbocycles. The van der Waals surface area contributed by atoms with Gasteiger partial charge in [-0.25, -0.2) is 0 Å². The molecule has 0 N–H and O–H groups in total. The van der Waals surface area contributed by atoms with E-state index in [4.69, 9.17) is 4.74 Å². The van der Waals surface area contributed by atoms with Crippen LogP contribution in [0.5, 0.6) is 0 Å². The highest BCUT2D eigenvalue weighted by atomic mass is 16.5. The summed E-state index contributed by atoms with van der Waals surface area (Å²) in [6.45, 7) is 6.52. The Kier molecular flexibility index (Phi) is 3.15. The molecule has 0 radical (unpaired) electrons. The summed E-state index contributed by atoms with van der Waals surface area (Å²) in [5, 5.41) is 0. The quantitative estimate of drug-likeness (QED) is 0.681. The Morgan fingerprint density at radius 1 is 1.31 bits per heavy atom. The van der Waals surface area contributed by atoms with Gasteiger partial charge in [-0.3, -0.25) is 0 Å². The summed E-state index contributed by atoms with van der Waals surface area (Å²) in [5.74, 6) is 0.700. The first-order chi connectivity index (χ1) is 7.69. The molecule has 0 spiro atoms.